The monoisotopic (exact) mass is 326 g/mol. The van der Waals surface area contributed by atoms with Crippen LogP contribution in [0.4, 0.5) is 0 Å². The molecule has 1 N–H and O–H groups in total. The topological polar surface area (TPSA) is 51.2 Å². The van der Waals surface area contributed by atoms with Crippen molar-refractivity contribution in [2.75, 3.05) is 0 Å². The molecule has 0 radical (unpaired) electrons. The van der Waals surface area contributed by atoms with Crippen molar-refractivity contribution < 1.29 is 9.53 Å². The Labute approximate surface area is 144 Å². The number of hydrogen-bond acceptors (Lipinski definition) is 3. The first-order chi connectivity index (χ1) is 11.6. The number of nitrogens with one attached hydrogen (secondary N) is 1. The summed E-state index contributed by atoms with van der Waals surface area (Å²) in [6, 6.07) is 11.7. The van der Waals surface area contributed by atoms with Gasteiger partial charge in [-0.2, -0.15) is 0 Å². The number of nitrogens with zero attached hydrogens (tertiary/aromatic N) is 1. The average Bonchev–Trinajstić information content (AvgIpc) is 2.61. The molecule has 2 atom stereocenters. The van der Waals surface area contributed by atoms with Crippen LogP contribution in [-0.2, 0) is 11.4 Å². The Morgan fingerprint density at radius 1 is 1.21 bits per heavy atom. The van der Waals surface area contributed by atoms with E-state index in [-0.39, 0.29) is 17.9 Å². The molecular formula is C20H26N2O2. The molecule has 0 saturated heterocycles. The van der Waals surface area contributed by atoms with Gasteiger partial charge in [0.2, 0.25) is 5.91 Å². The van der Waals surface area contributed by atoms with Crippen molar-refractivity contribution in [2.24, 2.45) is 5.92 Å². The zero-order chi connectivity index (χ0) is 17.4. The summed E-state index contributed by atoms with van der Waals surface area (Å²) in [5.74, 6) is 0.973. The molecule has 4 heteroatoms. The molecule has 1 amide bonds. The van der Waals surface area contributed by atoms with Gasteiger partial charge in [0.05, 0.1) is 6.04 Å². The highest BCUT2D eigenvalue weighted by Gasteiger charge is 2.15. The van der Waals surface area contributed by atoms with E-state index in [9.17, 15) is 4.79 Å². The quantitative estimate of drug-likeness (QED) is 0.788. The second-order valence-electron chi connectivity index (χ2n) is 6.14. The largest absolute Gasteiger partial charge is 0.489 e. The van der Waals surface area contributed by atoms with Crippen molar-refractivity contribution in [3.63, 3.8) is 0 Å². The van der Waals surface area contributed by atoms with Crippen LogP contribution in [0, 0.1) is 5.92 Å². The van der Waals surface area contributed by atoms with E-state index in [4.69, 9.17) is 4.74 Å². The number of carbonyl (C=O) groups is 1. The maximum atomic E-state index is 12.1. The summed E-state index contributed by atoms with van der Waals surface area (Å²) >= 11 is 0. The predicted molar refractivity (Wildman–Crippen MR) is 95.6 cm³/mol. The number of carbonyl (C=O) groups excluding carboxylic acids is 1. The number of benzene rings is 1. The lowest BCUT2D eigenvalue weighted by Crippen LogP contribution is -2.31. The minimum atomic E-state index is -0.0100. The van der Waals surface area contributed by atoms with Gasteiger partial charge >= 0.3 is 0 Å². The highest BCUT2D eigenvalue weighted by molar-refractivity contribution is 5.78. The molecule has 1 aromatic carbocycles. The summed E-state index contributed by atoms with van der Waals surface area (Å²) in [6.07, 6.45) is 5.48. The highest BCUT2D eigenvalue weighted by Crippen LogP contribution is 2.19. The summed E-state index contributed by atoms with van der Waals surface area (Å²) in [7, 11) is 0. The van der Waals surface area contributed by atoms with Crippen LogP contribution in [0.15, 0.2) is 48.8 Å². The van der Waals surface area contributed by atoms with E-state index in [1.165, 1.54) is 0 Å². The van der Waals surface area contributed by atoms with Crippen LogP contribution in [0.2, 0.25) is 0 Å². The van der Waals surface area contributed by atoms with Crippen LogP contribution in [0.25, 0.3) is 0 Å². The molecule has 0 aliphatic carbocycles. The third-order valence-electron chi connectivity index (χ3n) is 4.04. The number of pyridine rings is 1. The van der Waals surface area contributed by atoms with E-state index in [1.54, 1.807) is 12.4 Å². The van der Waals surface area contributed by atoms with Crippen LogP contribution < -0.4 is 10.1 Å². The maximum Gasteiger partial charge on any atom is 0.223 e. The fourth-order valence-electron chi connectivity index (χ4n) is 2.51. The number of aromatic nitrogens is 1. The molecule has 0 bridgehead atoms. The fourth-order valence-corrected chi connectivity index (χ4v) is 2.51. The molecule has 0 spiro atoms. The Balaban J connectivity index is 1.87. The molecule has 1 aromatic heterocycles. The average molecular weight is 326 g/mol. The van der Waals surface area contributed by atoms with Gasteiger partial charge in [-0.05, 0) is 37.1 Å². The normalized spacial score (nSPS) is 13.1. The minimum absolute atomic E-state index is 0.0100. The molecule has 0 aliphatic heterocycles. The Bertz CT molecular complexity index is 626. The highest BCUT2D eigenvalue weighted by atomic mass is 16.5. The standard InChI is InChI=1S/C20H26N2O2/c1-4-6-15(2)20(23)22-16(3)18-8-10-19(11-9-18)24-14-17-7-5-12-21-13-17/h5,7-13,15-16H,4,6,14H2,1-3H3,(H,22,23)/t15-,16+/m1/s1. The van der Waals surface area contributed by atoms with Crippen LogP contribution in [-0.4, -0.2) is 10.9 Å². The number of amides is 1. The predicted octanol–water partition coefficient (Wildman–Crippen LogP) is 4.27. The van der Waals surface area contributed by atoms with E-state index in [1.807, 2.05) is 50.2 Å². The molecule has 2 aromatic rings. The van der Waals surface area contributed by atoms with Gasteiger partial charge in [-0.15, -0.1) is 0 Å². The molecule has 128 valence electrons. The van der Waals surface area contributed by atoms with Gasteiger partial charge in [0.15, 0.2) is 0 Å². The van der Waals surface area contributed by atoms with Crippen molar-refractivity contribution in [3.8, 4) is 5.75 Å². The zero-order valence-corrected chi connectivity index (χ0v) is 14.7. The van der Waals surface area contributed by atoms with Crippen molar-refractivity contribution in [1.82, 2.24) is 10.3 Å². The van der Waals surface area contributed by atoms with Crippen LogP contribution in [0.1, 0.15) is 50.8 Å². The van der Waals surface area contributed by atoms with Crippen molar-refractivity contribution in [1.29, 1.82) is 0 Å². The maximum absolute atomic E-state index is 12.1. The second-order valence-corrected chi connectivity index (χ2v) is 6.14. The van der Waals surface area contributed by atoms with Crippen LogP contribution >= 0.6 is 0 Å². The molecule has 0 fully saturated rings. The van der Waals surface area contributed by atoms with Crippen LogP contribution in [0.3, 0.4) is 0 Å². The Morgan fingerprint density at radius 3 is 2.58 bits per heavy atom. The van der Waals surface area contributed by atoms with Gasteiger partial charge < -0.3 is 10.1 Å². The summed E-state index contributed by atoms with van der Waals surface area (Å²) in [5.41, 5.74) is 2.10. The van der Waals surface area contributed by atoms with E-state index in [0.29, 0.717) is 6.61 Å². The van der Waals surface area contributed by atoms with Gasteiger partial charge in [0, 0.05) is 23.9 Å². The molecule has 1 heterocycles. The number of ether oxygens (including phenoxy) is 1. The first-order valence-electron chi connectivity index (χ1n) is 8.52. The summed E-state index contributed by atoms with van der Waals surface area (Å²) in [4.78, 5) is 16.2. The van der Waals surface area contributed by atoms with E-state index in [0.717, 1.165) is 29.7 Å². The number of hydrogen-bond donors (Lipinski definition) is 1. The van der Waals surface area contributed by atoms with Gasteiger partial charge in [-0.1, -0.05) is 38.5 Å². The Hall–Kier alpha value is -2.36. The summed E-state index contributed by atoms with van der Waals surface area (Å²) < 4.78 is 5.75. The van der Waals surface area contributed by atoms with Gasteiger partial charge in [-0.3, -0.25) is 9.78 Å². The smallest absolute Gasteiger partial charge is 0.223 e. The van der Waals surface area contributed by atoms with Gasteiger partial charge in [-0.25, -0.2) is 0 Å². The first-order valence-corrected chi connectivity index (χ1v) is 8.52. The first kappa shape index (κ1) is 18.0. The zero-order valence-electron chi connectivity index (χ0n) is 14.7. The van der Waals surface area contributed by atoms with Gasteiger partial charge in [0.1, 0.15) is 12.4 Å². The summed E-state index contributed by atoms with van der Waals surface area (Å²) in [5, 5.41) is 3.07. The molecular weight excluding hydrogens is 300 g/mol. The minimum Gasteiger partial charge on any atom is -0.489 e. The summed E-state index contributed by atoms with van der Waals surface area (Å²) in [6.45, 7) is 6.56. The lowest BCUT2D eigenvalue weighted by molar-refractivity contribution is -0.125. The third-order valence-corrected chi connectivity index (χ3v) is 4.04. The lowest BCUT2D eigenvalue weighted by atomic mass is 10.0. The van der Waals surface area contributed by atoms with E-state index in [2.05, 4.69) is 17.2 Å². The van der Waals surface area contributed by atoms with Crippen molar-refractivity contribution in [2.45, 2.75) is 46.3 Å². The van der Waals surface area contributed by atoms with E-state index < -0.39 is 0 Å². The molecule has 2 rings (SSSR count). The van der Waals surface area contributed by atoms with E-state index >= 15 is 0 Å². The SMILES string of the molecule is CCC[C@@H](C)C(=O)N[C@@H](C)c1ccc(OCc2cccnc2)cc1. The third kappa shape index (κ3) is 5.37. The van der Waals surface area contributed by atoms with Crippen molar-refractivity contribution >= 4 is 5.91 Å². The fraction of sp³-hybridized carbons (Fsp3) is 0.400. The van der Waals surface area contributed by atoms with Crippen LogP contribution in [0.5, 0.6) is 5.75 Å². The molecule has 0 unspecified atom stereocenters. The molecule has 0 aliphatic rings. The second kappa shape index (κ2) is 9.06. The van der Waals surface area contributed by atoms with Gasteiger partial charge in [0.25, 0.3) is 0 Å². The Kier molecular flexibility index (Phi) is 6.79. The Morgan fingerprint density at radius 2 is 1.96 bits per heavy atom. The molecule has 24 heavy (non-hydrogen) atoms. The molecule has 0 saturated carbocycles. The molecule has 4 nitrogen and oxygen atoms in total. The number of rotatable bonds is 8. The lowest BCUT2D eigenvalue weighted by Gasteiger charge is -2.18. The van der Waals surface area contributed by atoms with Crippen molar-refractivity contribution in [3.05, 3.63) is 59.9 Å².